The fourth-order valence-corrected chi connectivity index (χ4v) is 5.04. The number of rotatable bonds is 4. The number of nitrogens with one attached hydrogen (secondary N) is 1. The van der Waals surface area contributed by atoms with Gasteiger partial charge in [0.25, 0.3) is 0 Å². The summed E-state index contributed by atoms with van der Waals surface area (Å²) in [6, 6.07) is 5.33. The summed E-state index contributed by atoms with van der Waals surface area (Å²) in [5.41, 5.74) is 1.23. The van der Waals surface area contributed by atoms with Crippen molar-refractivity contribution in [2.75, 3.05) is 19.6 Å². The van der Waals surface area contributed by atoms with Crippen LogP contribution in [-0.2, 0) is 13.6 Å². The topological polar surface area (TPSA) is 33.1 Å². The SMILES string of the molecule is Cn1cc(-c2ccc(CN3CCC(C4CCCN4)CC3)s2)cn1. The molecular formula is C18H26N4S. The van der Waals surface area contributed by atoms with Crippen LogP contribution in [0.1, 0.15) is 30.6 Å². The van der Waals surface area contributed by atoms with E-state index in [0.717, 1.165) is 18.5 Å². The van der Waals surface area contributed by atoms with E-state index in [4.69, 9.17) is 0 Å². The van der Waals surface area contributed by atoms with Crippen LogP contribution in [0.2, 0.25) is 0 Å². The van der Waals surface area contributed by atoms with Crippen LogP contribution in [-0.4, -0.2) is 40.4 Å². The van der Waals surface area contributed by atoms with Gasteiger partial charge in [0.15, 0.2) is 0 Å². The average Bonchev–Trinajstić information content (AvgIpc) is 3.29. The molecule has 23 heavy (non-hydrogen) atoms. The minimum Gasteiger partial charge on any atom is -0.314 e. The Morgan fingerprint density at radius 3 is 2.83 bits per heavy atom. The molecule has 4 rings (SSSR count). The number of piperidine rings is 1. The molecule has 0 bridgehead atoms. The number of thiophene rings is 1. The van der Waals surface area contributed by atoms with Crippen LogP contribution in [0.25, 0.3) is 10.4 Å². The molecule has 0 radical (unpaired) electrons. The molecule has 1 atom stereocenters. The Morgan fingerprint density at radius 2 is 2.13 bits per heavy atom. The highest BCUT2D eigenvalue weighted by Gasteiger charge is 2.28. The fraction of sp³-hybridized carbons (Fsp3) is 0.611. The molecule has 4 heterocycles. The Kier molecular flexibility index (Phi) is 4.51. The second kappa shape index (κ2) is 6.75. The molecule has 2 aliphatic rings. The quantitative estimate of drug-likeness (QED) is 0.935. The van der Waals surface area contributed by atoms with E-state index in [-0.39, 0.29) is 0 Å². The van der Waals surface area contributed by atoms with Crippen molar-refractivity contribution in [1.29, 1.82) is 0 Å². The minimum absolute atomic E-state index is 0.802. The first-order valence-corrected chi connectivity index (χ1v) is 9.63. The van der Waals surface area contributed by atoms with Gasteiger partial charge in [-0.3, -0.25) is 9.58 Å². The Labute approximate surface area is 142 Å². The molecule has 2 fully saturated rings. The lowest BCUT2D eigenvalue weighted by atomic mass is 9.88. The second-order valence-electron chi connectivity index (χ2n) is 6.99. The fourth-order valence-electron chi connectivity index (χ4n) is 4.01. The van der Waals surface area contributed by atoms with Crippen molar-refractivity contribution >= 4 is 11.3 Å². The zero-order valence-electron chi connectivity index (χ0n) is 13.9. The maximum Gasteiger partial charge on any atom is 0.0576 e. The highest BCUT2D eigenvalue weighted by atomic mass is 32.1. The van der Waals surface area contributed by atoms with E-state index in [1.165, 1.54) is 60.6 Å². The smallest absolute Gasteiger partial charge is 0.0576 e. The second-order valence-corrected chi connectivity index (χ2v) is 8.15. The predicted octanol–water partition coefficient (Wildman–Crippen LogP) is 3.11. The number of hydrogen-bond acceptors (Lipinski definition) is 4. The first-order valence-electron chi connectivity index (χ1n) is 8.81. The summed E-state index contributed by atoms with van der Waals surface area (Å²) in [6.07, 6.45) is 9.53. The largest absolute Gasteiger partial charge is 0.314 e. The molecule has 124 valence electrons. The molecule has 0 spiro atoms. The van der Waals surface area contributed by atoms with Crippen molar-refractivity contribution in [1.82, 2.24) is 20.0 Å². The molecule has 1 N–H and O–H groups in total. The Balaban J connectivity index is 1.32. The first kappa shape index (κ1) is 15.4. The van der Waals surface area contributed by atoms with Crippen molar-refractivity contribution < 1.29 is 0 Å². The van der Waals surface area contributed by atoms with Crippen molar-refractivity contribution in [2.45, 2.75) is 38.3 Å². The van der Waals surface area contributed by atoms with E-state index in [9.17, 15) is 0 Å². The third-order valence-electron chi connectivity index (χ3n) is 5.33. The zero-order chi connectivity index (χ0) is 15.6. The van der Waals surface area contributed by atoms with Gasteiger partial charge in [-0.05, 0) is 63.4 Å². The van der Waals surface area contributed by atoms with Gasteiger partial charge in [0.1, 0.15) is 0 Å². The molecule has 5 heteroatoms. The number of hydrogen-bond donors (Lipinski definition) is 1. The van der Waals surface area contributed by atoms with E-state index < -0.39 is 0 Å². The highest BCUT2D eigenvalue weighted by molar-refractivity contribution is 7.15. The van der Waals surface area contributed by atoms with Crippen LogP contribution >= 0.6 is 11.3 Å². The van der Waals surface area contributed by atoms with Crippen molar-refractivity contribution in [2.24, 2.45) is 13.0 Å². The Bertz CT molecular complexity index is 633. The summed E-state index contributed by atoms with van der Waals surface area (Å²) in [4.78, 5) is 5.43. The summed E-state index contributed by atoms with van der Waals surface area (Å²) < 4.78 is 1.87. The van der Waals surface area contributed by atoms with Crippen LogP contribution in [0.5, 0.6) is 0 Å². The molecule has 1 unspecified atom stereocenters. The monoisotopic (exact) mass is 330 g/mol. The van der Waals surface area contributed by atoms with Gasteiger partial charge < -0.3 is 5.32 Å². The number of aromatic nitrogens is 2. The van der Waals surface area contributed by atoms with Gasteiger partial charge in [-0.25, -0.2) is 0 Å². The van der Waals surface area contributed by atoms with Crippen LogP contribution in [0.3, 0.4) is 0 Å². The first-order chi connectivity index (χ1) is 11.3. The molecule has 2 aromatic rings. The van der Waals surface area contributed by atoms with Gasteiger partial charge in [0.2, 0.25) is 0 Å². The zero-order valence-corrected chi connectivity index (χ0v) is 14.7. The van der Waals surface area contributed by atoms with E-state index in [1.807, 2.05) is 29.3 Å². The maximum absolute atomic E-state index is 4.27. The van der Waals surface area contributed by atoms with Crippen molar-refractivity contribution in [3.05, 3.63) is 29.4 Å². The lowest BCUT2D eigenvalue weighted by Crippen LogP contribution is -2.40. The van der Waals surface area contributed by atoms with E-state index in [2.05, 4.69) is 33.6 Å². The normalized spacial score (nSPS) is 23.6. The average molecular weight is 331 g/mol. The summed E-state index contributed by atoms with van der Waals surface area (Å²) in [7, 11) is 1.97. The van der Waals surface area contributed by atoms with E-state index in [1.54, 1.807) is 0 Å². The molecule has 4 nitrogen and oxygen atoms in total. The molecule has 0 saturated carbocycles. The van der Waals surface area contributed by atoms with E-state index >= 15 is 0 Å². The van der Waals surface area contributed by atoms with Gasteiger partial charge in [-0.15, -0.1) is 11.3 Å². The molecule has 2 saturated heterocycles. The van der Waals surface area contributed by atoms with E-state index in [0.29, 0.717) is 0 Å². The molecule has 0 amide bonds. The highest BCUT2D eigenvalue weighted by Crippen LogP contribution is 2.30. The number of likely N-dealkylation sites (tertiary alicyclic amines) is 1. The van der Waals surface area contributed by atoms with Crippen LogP contribution in [0.4, 0.5) is 0 Å². The van der Waals surface area contributed by atoms with Gasteiger partial charge >= 0.3 is 0 Å². The van der Waals surface area contributed by atoms with Crippen molar-refractivity contribution in [3.63, 3.8) is 0 Å². The Morgan fingerprint density at radius 1 is 1.26 bits per heavy atom. The molecule has 0 aliphatic carbocycles. The van der Waals surface area contributed by atoms with Gasteiger partial charge in [-0.2, -0.15) is 5.10 Å². The summed E-state index contributed by atoms with van der Waals surface area (Å²) >= 11 is 1.91. The number of nitrogens with zero attached hydrogens (tertiary/aromatic N) is 3. The summed E-state index contributed by atoms with van der Waals surface area (Å²) in [5, 5.41) is 7.96. The van der Waals surface area contributed by atoms with Gasteiger partial charge in [-0.1, -0.05) is 0 Å². The van der Waals surface area contributed by atoms with Gasteiger partial charge in [0, 0.05) is 41.1 Å². The molecule has 2 aliphatic heterocycles. The minimum atomic E-state index is 0.802. The third kappa shape index (κ3) is 3.52. The predicted molar refractivity (Wildman–Crippen MR) is 95.5 cm³/mol. The summed E-state index contributed by atoms with van der Waals surface area (Å²) in [6.45, 7) is 4.85. The van der Waals surface area contributed by atoms with Crippen LogP contribution in [0, 0.1) is 5.92 Å². The summed E-state index contributed by atoms with van der Waals surface area (Å²) in [5.74, 6) is 0.906. The third-order valence-corrected chi connectivity index (χ3v) is 6.45. The van der Waals surface area contributed by atoms with Crippen molar-refractivity contribution in [3.8, 4) is 10.4 Å². The lowest BCUT2D eigenvalue weighted by Gasteiger charge is -2.34. The Hall–Kier alpha value is -1.17. The standard InChI is InChI=1S/C18H26N4S/c1-21-12-15(11-20-21)18-5-4-16(23-18)13-22-9-6-14(7-10-22)17-3-2-8-19-17/h4-5,11-12,14,17,19H,2-3,6-10,13H2,1H3. The molecule has 0 aromatic carbocycles. The lowest BCUT2D eigenvalue weighted by molar-refractivity contribution is 0.158. The molecule has 2 aromatic heterocycles. The number of aryl methyl sites for hydroxylation is 1. The van der Waals surface area contributed by atoms with Crippen LogP contribution < -0.4 is 5.32 Å². The van der Waals surface area contributed by atoms with Gasteiger partial charge in [0.05, 0.1) is 6.20 Å². The maximum atomic E-state index is 4.27. The molecular weight excluding hydrogens is 304 g/mol. The van der Waals surface area contributed by atoms with Crippen LogP contribution in [0.15, 0.2) is 24.5 Å².